The van der Waals surface area contributed by atoms with Gasteiger partial charge < -0.3 is 0 Å². The third-order valence-corrected chi connectivity index (χ3v) is 5.57. The molecule has 4 rings (SSSR count). The van der Waals surface area contributed by atoms with E-state index in [1.165, 1.54) is 46.3 Å². The highest BCUT2D eigenvalue weighted by Crippen LogP contribution is 2.45. The fraction of sp³-hybridized carbons (Fsp3) is 0.500. The lowest BCUT2D eigenvalue weighted by molar-refractivity contribution is 0.309. The molecule has 2 nitrogen and oxygen atoms in total. The Morgan fingerprint density at radius 1 is 1.19 bits per heavy atom. The Morgan fingerprint density at radius 3 is 2.57 bits per heavy atom. The summed E-state index contributed by atoms with van der Waals surface area (Å²) in [6, 6.07) is 8.75. The zero-order valence-electron chi connectivity index (χ0n) is 12.7. The summed E-state index contributed by atoms with van der Waals surface area (Å²) in [5, 5.41) is 5.03. The van der Waals surface area contributed by atoms with E-state index in [1.807, 2.05) is 0 Å². The van der Waals surface area contributed by atoms with E-state index in [0.717, 1.165) is 12.3 Å². The highest BCUT2D eigenvalue weighted by atomic mass is 127. The van der Waals surface area contributed by atoms with Gasteiger partial charge in [0.15, 0.2) is 0 Å². The maximum Gasteiger partial charge on any atom is 0.0694 e. The van der Waals surface area contributed by atoms with Crippen LogP contribution in [0.5, 0.6) is 0 Å². The molecular weight excluding hydrogens is 371 g/mol. The molecule has 0 spiro atoms. The molecule has 0 N–H and O–H groups in total. The van der Waals surface area contributed by atoms with Gasteiger partial charge in [0.1, 0.15) is 0 Å². The molecule has 2 aromatic rings. The van der Waals surface area contributed by atoms with Crippen LogP contribution in [0.2, 0.25) is 0 Å². The highest BCUT2D eigenvalue weighted by Gasteiger charge is 2.36. The lowest BCUT2D eigenvalue weighted by atomic mass is 9.76. The summed E-state index contributed by atoms with van der Waals surface area (Å²) < 4.78 is 3.51. The van der Waals surface area contributed by atoms with Crippen LogP contribution in [0.1, 0.15) is 56.0 Å². The van der Waals surface area contributed by atoms with Crippen LogP contribution in [0, 0.1) is 8.99 Å². The van der Waals surface area contributed by atoms with Crippen molar-refractivity contribution in [1.29, 1.82) is 0 Å². The quantitative estimate of drug-likeness (QED) is 0.667. The number of nitrogens with zero attached hydrogens (tertiary/aromatic N) is 2. The van der Waals surface area contributed by atoms with Gasteiger partial charge in [-0.25, -0.2) is 4.68 Å². The minimum absolute atomic E-state index is 0.398. The molecule has 0 atom stereocenters. The van der Waals surface area contributed by atoms with Crippen molar-refractivity contribution in [1.82, 2.24) is 9.78 Å². The van der Waals surface area contributed by atoms with Crippen molar-refractivity contribution in [3.63, 3.8) is 0 Å². The number of halogens is 1. The molecule has 0 aliphatic heterocycles. The van der Waals surface area contributed by atoms with E-state index in [0.29, 0.717) is 5.41 Å². The molecule has 0 bridgehead atoms. The zero-order chi connectivity index (χ0) is 14.6. The van der Waals surface area contributed by atoms with Gasteiger partial charge in [-0.15, -0.1) is 0 Å². The molecule has 1 aromatic carbocycles. The summed E-state index contributed by atoms with van der Waals surface area (Å²) >= 11 is 2.36. The predicted molar refractivity (Wildman–Crippen MR) is 94.1 cm³/mol. The predicted octanol–water partition coefficient (Wildman–Crippen LogP) is 4.87. The molecule has 0 unspecified atom stereocenters. The third kappa shape index (κ3) is 2.54. The van der Waals surface area contributed by atoms with E-state index >= 15 is 0 Å². The standard InChI is InChI=1S/C18H21IN2/c1-18(2)10-9-15-16(11-18)21(20-17(15)12-3-4-12)14-7-5-13(19)6-8-14/h5-8,12H,3-4,9-11H2,1-2H3. The average Bonchev–Trinajstić information content (AvgIpc) is 3.21. The van der Waals surface area contributed by atoms with E-state index in [2.05, 4.69) is 65.4 Å². The fourth-order valence-corrected chi connectivity index (χ4v) is 3.80. The van der Waals surface area contributed by atoms with Gasteiger partial charge >= 0.3 is 0 Å². The van der Waals surface area contributed by atoms with Crippen molar-refractivity contribution in [3.05, 3.63) is 44.8 Å². The van der Waals surface area contributed by atoms with Crippen LogP contribution < -0.4 is 0 Å². The van der Waals surface area contributed by atoms with Gasteiger partial charge in [0.25, 0.3) is 0 Å². The first-order valence-electron chi connectivity index (χ1n) is 7.90. The first-order valence-corrected chi connectivity index (χ1v) is 8.98. The molecule has 0 radical (unpaired) electrons. The average molecular weight is 392 g/mol. The van der Waals surface area contributed by atoms with Crippen LogP contribution in [0.25, 0.3) is 5.69 Å². The molecule has 21 heavy (non-hydrogen) atoms. The molecule has 0 amide bonds. The molecule has 110 valence electrons. The minimum Gasteiger partial charge on any atom is -0.237 e. The zero-order valence-corrected chi connectivity index (χ0v) is 14.9. The summed E-state index contributed by atoms with van der Waals surface area (Å²) in [5.41, 5.74) is 6.05. The summed E-state index contributed by atoms with van der Waals surface area (Å²) in [6.45, 7) is 4.77. The number of hydrogen-bond donors (Lipinski definition) is 0. The lowest BCUT2D eigenvalue weighted by Crippen LogP contribution is -2.23. The molecular formula is C18H21IN2. The maximum absolute atomic E-state index is 5.03. The first-order chi connectivity index (χ1) is 10.0. The van der Waals surface area contributed by atoms with Crippen LogP contribution in [0.3, 0.4) is 0 Å². The van der Waals surface area contributed by atoms with Crippen LogP contribution in [0.4, 0.5) is 0 Å². The SMILES string of the molecule is CC1(C)CCc2c(C3CC3)nn(-c3ccc(I)cc3)c2C1. The number of hydrogen-bond acceptors (Lipinski definition) is 1. The number of aromatic nitrogens is 2. The Labute approximate surface area is 140 Å². The van der Waals surface area contributed by atoms with E-state index in [4.69, 9.17) is 5.10 Å². The Morgan fingerprint density at radius 2 is 1.90 bits per heavy atom. The van der Waals surface area contributed by atoms with Crippen molar-refractivity contribution < 1.29 is 0 Å². The van der Waals surface area contributed by atoms with Crippen LogP contribution in [-0.2, 0) is 12.8 Å². The Kier molecular flexibility index (Phi) is 3.18. The molecule has 3 heteroatoms. The Hall–Kier alpha value is -0.840. The topological polar surface area (TPSA) is 17.8 Å². The Bertz CT molecular complexity index is 678. The smallest absolute Gasteiger partial charge is 0.0694 e. The highest BCUT2D eigenvalue weighted by molar-refractivity contribution is 14.1. The second-order valence-corrected chi connectivity index (χ2v) is 8.56. The molecule has 1 saturated carbocycles. The van der Waals surface area contributed by atoms with Crippen LogP contribution >= 0.6 is 22.6 Å². The second kappa shape index (κ2) is 4.83. The molecule has 1 fully saturated rings. The van der Waals surface area contributed by atoms with Crippen molar-refractivity contribution in [2.75, 3.05) is 0 Å². The fourth-order valence-electron chi connectivity index (χ4n) is 3.44. The summed E-state index contributed by atoms with van der Waals surface area (Å²) in [4.78, 5) is 0. The third-order valence-electron chi connectivity index (χ3n) is 4.85. The molecule has 1 heterocycles. The van der Waals surface area contributed by atoms with E-state index in [-0.39, 0.29) is 0 Å². The van der Waals surface area contributed by atoms with E-state index in [9.17, 15) is 0 Å². The first kappa shape index (κ1) is 13.8. The van der Waals surface area contributed by atoms with Gasteiger partial charge in [0.05, 0.1) is 11.4 Å². The lowest BCUT2D eigenvalue weighted by Gasteiger charge is -2.30. The summed E-state index contributed by atoms with van der Waals surface area (Å²) in [6.07, 6.45) is 6.31. The van der Waals surface area contributed by atoms with Gasteiger partial charge in [-0.3, -0.25) is 0 Å². The van der Waals surface area contributed by atoms with Crippen LogP contribution in [-0.4, -0.2) is 9.78 Å². The van der Waals surface area contributed by atoms with Gasteiger partial charge in [0, 0.05) is 15.2 Å². The Balaban J connectivity index is 1.85. The van der Waals surface area contributed by atoms with E-state index in [1.54, 1.807) is 5.56 Å². The largest absolute Gasteiger partial charge is 0.237 e. The summed E-state index contributed by atoms with van der Waals surface area (Å²) in [5.74, 6) is 0.741. The normalized spacial score (nSPS) is 20.3. The molecule has 2 aliphatic rings. The van der Waals surface area contributed by atoms with Gasteiger partial charge in [0.2, 0.25) is 0 Å². The number of fused-ring (bicyclic) bond motifs is 1. The number of benzene rings is 1. The van der Waals surface area contributed by atoms with Crippen molar-refractivity contribution in [2.24, 2.45) is 5.41 Å². The molecule has 0 saturated heterocycles. The van der Waals surface area contributed by atoms with Crippen LogP contribution in [0.15, 0.2) is 24.3 Å². The van der Waals surface area contributed by atoms with Gasteiger partial charge in [-0.05, 0) is 89.9 Å². The van der Waals surface area contributed by atoms with Crippen molar-refractivity contribution in [3.8, 4) is 5.69 Å². The minimum atomic E-state index is 0.398. The van der Waals surface area contributed by atoms with E-state index < -0.39 is 0 Å². The molecule has 2 aliphatic carbocycles. The monoisotopic (exact) mass is 392 g/mol. The van der Waals surface area contributed by atoms with Crippen molar-refractivity contribution in [2.45, 2.75) is 51.9 Å². The second-order valence-electron chi connectivity index (χ2n) is 7.31. The van der Waals surface area contributed by atoms with Gasteiger partial charge in [-0.1, -0.05) is 13.8 Å². The number of rotatable bonds is 2. The van der Waals surface area contributed by atoms with Crippen molar-refractivity contribution >= 4 is 22.6 Å². The maximum atomic E-state index is 5.03. The molecule has 1 aromatic heterocycles. The summed E-state index contributed by atoms with van der Waals surface area (Å²) in [7, 11) is 0. The van der Waals surface area contributed by atoms with Gasteiger partial charge in [-0.2, -0.15) is 5.10 Å².